The first-order valence-corrected chi connectivity index (χ1v) is 7.01. The van der Waals surface area contributed by atoms with E-state index in [4.69, 9.17) is 11.6 Å². The monoisotopic (exact) mass is 313 g/mol. The van der Waals surface area contributed by atoms with Crippen LogP contribution in [-0.4, -0.2) is 21.8 Å². The van der Waals surface area contributed by atoms with E-state index in [1.54, 1.807) is 0 Å². The summed E-state index contributed by atoms with van der Waals surface area (Å²) in [4.78, 5) is 24.8. The summed E-state index contributed by atoms with van der Waals surface area (Å²) in [5.74, 6) is -0.797. The topological polar surface area (TPSA) is 72.0 Å². The van der Waals surface area contributed by atoms with Gasteiger partial charge in [0, 0.05) is 5.69 Å². The maximum atomic E-state index is 12.5. The Bertz CT molecular complexity index is 843. The molecule has 5 nitrogen and oxygen atoms in total. The molecule has 0 radical (unpaired) electrons. The predicted octanol–water partition coefficient (Wildman–Crippen LogP) is 3.03. The summed E-state index contributed by atoms with van der Waals surface area (Å²) < 4.78 is 0. The first-order valence-electron chi connectivity index (χ1n) is 6.63. The average Bonchev–Trinajstić information content (AvgIpc) is 2.53. The number of carbonyl (C=O) groups excluding carboxylic acids is 2. The Labute approximate surface area is 132 Å². The van der Waals surface area contributed by atoms with Gasteiger partial charge in [-0.2, -0.15) is 10.2 Å². The third-order valence-electron chi connectivity index (χ3n) is 3.73. The molecule has 0 fully saturated rings. The number of rotatable bonds is 2. The van der Waals surface area contributed by atoms with Gasteiger partial charge >= 0.3 is 0 Å². The lowest BCUT2D eigenvalue weighted by Gasteiger charge is -2.19. The van der Waals surface area contributed by atoms with Crippen LogP contribution in [-0.2, 0) is 0 Å². The van der Waals surface area contributed by atoms with E-state index < -0.39 is 5.78 Å². The van der Waals surface area contributed by atoms with Gasteiger partial charge in [-0.15, -0.1) is 0 Å². The molecule has 22 heavy (non-hydrogen) atoms. The Hall–Kier alpha value is -2.53. The molecule has 1 aromatic heterocycles. The molecule has 0 amide bonds. The van der Waals surface area contributed by atoms with Crippen LogP contribution in [0.15, 0.2) is 41.3 Å². The second kappa shape index (κ2) is 5.35. The van der Waals surface area contributed by atoms with Crippen LogP contribution in [0.1, 0.15) is 31.8 Å². The normalized spacial score (nSPS) is 14.1. The van der Waals surface area contributed by atoms with Crippen molar-refractivity contribution in [1.82, 2.24) is 10.2 Å². The number of benzene rings is 1. The molecule has 0 saturated carbocycles. The number of hydrogen-bond donors (Lipinski definition) is 1. The average molecular weight is 314 g/mol. The van der Waals surface area contributed by atoms with Crippen molar-refractivity contribution in [3.8, 4) is 0 Å². The van der Waals surface area contributed by atoms with Crippen LogP contribution in [0.4, 0.5) is 5.69 Å². The highest BCUT2D eigenvalue weighted by molar-refractivity contribution is 6.50. The van der Waals surface area contributed by atoms with Crippen LogP contribution >= 0.6 is 11.6 Å². The minimum atomic E-state index is -0.432. The van der Waals surface area contributed by atoms with Crippen molar-refractivity contribution in [2.24, 2.45) is 0 Å². The Morgan fingerprint density at radius 1 is 1.00 bits per heavy atom. The zero-order valence-corrected chi connectivity index (χ0v) is 12.7. The van der Waals surface area contributed by atoms with E-state index in [1.165, 1.54) is 12.4 Å². The Morgan fingerprint density at radius 3 is 2.32 bits per heavy atom. The van der Waals surface area contributed by atoms with Crippen molar-refractivity contribution in [2.45, 2.75) is 13.8 Å². The highest BCUT2D eigenvalue weighted by Gasteiger charge is 2.32. The van der Waals surface area contributed by atoms with Crippen molar-refractivity contribution >= 4 is 28.9 Å². The van der Waals surface area contributed by atoms with Crippen LogP contribution < -0.4 is 5.32 Å². The van der Waals surface area contributed by atoms with Gasteiger partial charge < -0.3 is 5.32 Å². The summed E-state index contributed by atoms with van der Waals surface area (Å²) >= 11 is 6.10. The summed E-state index contributed by atoms with van der Waals surface area (Å²) in [6, 6.07) is 5.67. The highest BCUT2D eigenvalue weighted by Crippen LogP contribution is 2.29. The lowest BCUT2D eigenvalue weighted by atomic mass is 9.95. The minimum absolute atomic E-state index is 0.0702. The molecule has 1 aliphatic carbocycles. The number of fused-ring (bicyclic) bond motifs is 1. The Morgan fingerprint density at radius 2 is 1.64 bits per heavy atom. The molecule has 0 saturated heterocycles. The summed E-state index contributed by atoms with van der Waals surface area (Å²) in [5, 5.41) is 10.1. The first kappa shape index (κ1) is 14.4. The number of hydrogen-bond acceptors (Lipinski definition) is 5. The Kier molecular flexibility index (Phi) is 3.50. The largest absolute Gasteiger partial charge is 0.351 e. The van der Waals surface area contributed by atoms with Crippen LogP contribution in [0.2, 0.25) is 0 Å². The number of ketones is 2. The number of aryl methyl sites for hydroxylation is 1. The second-order valence-electron chi connectivity index (χ2n) is 5.04. The molecule has 0 bridgehead atoms. The smallest absolute Gasteiger partial charge is 0.213 e. The lowest BCUT2D eigenvalue weighted by molar-refractivity contribution is 0.0981. The van der Waals surface area contributed by atoms with Crippen molar-refractivity contribution in [2.75, 3.05) is 5.32 Å². The molecule has 6 heteroatoms. The predicted molar refractivity (Wildman–Crippen MR) is 83.1 cm³/mol. The molecule has 2 aromatic rings. The molecule has 0 spiro atoms. The maximum absolute atomic E-state index is 12.5. The van der Waals surface area contributed by atoms with E-state index in [0.717, 1.165) is 16.8 Å². The molecular formula is C16H12ClN3O2. The van der Waals surface area contributed by atoms with Gasteiger partial charge in [0.25, 0.3) is 0 Å². The molecule has 1 N–H and O–H groups in total. The van der Waals surface area contributed by atoms with Gasteiger partial charge in [-0.25, -0.2) is 0 Å². The molecule has 0 atom stereocenters. The SMILES string of the molecule is Cc1cccc(NC2=C(Cl)C(=O)c3cnncc3C2=O)c1C. The molecule has 1 heterocycles. The zero-order valence-electron chi connectivity index (χ0n) is 12.0. The molecule has 110 valence electrons. The van der Waals surface area contributed by atoms with E-state index in [9.17, 15) is 9.59 Å². The molecule has 3 rings (SSSR count). The summed E-state index contributed by atoms with van der Waals surface area (Å²) in [6.07, 6.45) is 2.54. The van der Waals surface area contributed by atoms with Crippen molar-refractivity contribution in [1.29, 1.82) is 0 Å². The van der Waals surface area contributed by atoms with Gasteiger partial charge in [0.1, 0.15) is 10.7 Å². The number of nitrogens with zero attached hydrogens (tertiary/aromatic N) is 2. The van der Waals surface area contributed by atoms with E-state index in [2.05, 4.69) is 15.5 Å². The Balaban J connectivity index is 2.08. The van der Waals surface area contributed by atoms with E-state index in [-0.39, 0.29) is 27.6 Å². The van der Waals surface area contributed by atoms with Crippen LogP contribution in [0, 0.1) is 13.8 Å². The number of anilines is 1. The molecule has 0 aliphatic heterocycles. The van der Waals surface area contributed by atoms with Gasteiger partial charge in [-0.05, 0) is 31.0 Å². The van der Waals surface area contributed by atoms with E-state index >= 15 is 0 Å². The van der Waals surface area contributed by atoms with Gasteiger partial charge in [-0.3, -0.25) is 9.59 Å². The highest BCUT2D eigenvalue weighted by atomic mass is 35.5. The number of halogens is 1. The van der Waals surface area contributed by atoms with E-state index in [1.807, 2.05) is 32.0 Å². The molecular weight excluding hydrogens is 302 g/mol. The fraction of sp³-hybridized carbons (Fsp3) is 0.125. The van der Waals surface area contributed by atoms with Gasteiger partial charge in [0.2, 0.25) is 11.6 Å². The van der Waals surface area contributed by atoms with Gasteiger partial charge in [0.05, 0.1) is 23.5 Å². The summed E-state index contributed by atoms with van der Waals surface area (Å²) in [6.45, 7) is 3.90. The molecule has 1 aliphatic rings. The third kappa shape index (κ3) is 2.19. The summed E-state index contributed by atoms with van der Waals surface area (Å²) in [5.41, 5.74) is 3.25. The molecule has 1 aromatic carbocycles. The number of carbonyl (C=O) groups is 2. The van der Waals surface area contributed by atoms with Crippen LogP contribution in [0.3, 0.4) is 0 Å². The standard InChI is InChI=1S/C16H12ClN3O2/c1-8-4-3-5-12(9(8)2)20-14-13(17)15(21)10-6-18-19-7-11(10)16(14)22/h3-7,20H,1-2H3. The number of nitrogens with one attached hydrogen (secondary N) is 1. The zero-order chi connectivity index (χ0) is 15.9. The fourth-order valence-electron chi connectivity index (χ4n) is 2.28. The quantitative estimate of drug-likeness (QED) is 0.922. The van der Waals surface area contributed by atoms with Gasteiger partial charge in [0.15, 0.2) is 0 Å². The summed E-state index contributed by atoms with van der Waals surface area (Å²) in [7, 11) is 0. The van der Waals surface area contributed by atoms with Crippen molar-refractivity contribution in [3.05, 3.63) is 63.6 Å². The number of aromatic nitrogens is 2. The number of Topliss-reactive ketones (excluding diaryl/α,β-unsaturated/α-hetero) is 2. The maximum Gasteiger partial charge on any atom is 0.213 e. The van der Waals surface area contributed by atoms with E-state index in [0.29, 0.717) is 0 Å². The minimum Gasteiger partial charge on any atom is -0.351 e. The van der Waals surface area contributed by atoms with Crippen LogP contribution in [0.25, 0.3) is 0 Å². The van der Waals surface area contributed by atoms with Gasteiger partial charge in [-0.1, -0.05) is 23.7 Å². The lowest BCUT2D eigenvalue weighted by Crippen LogP contribution is -2.25. The fourth-order valence-corrected chi connectivity index (χ4v) is 2.52. The third-order valence-corrected chi connectivity index (χ3v) is 4.09. The van der Waals surface area contributed by atoms with Crippen molar-refractivity contribution in [3.63, 3.8) is 0 Å². The number of allylic oxidation sites excluding steroid dienone is 2. The molecule has 0 unspecified atom stereocenters. The van der Waals surface area contributed by atoms with Crippen LogP contribution in [0.5, 0.6) is 0 Å². The first-order chi connectivity index (χ1) is 10.5. The second-order valence-corrected chi connectivity index (χ2v) is 5.41. The van der Waals surface area contributed by atoms with Crippen molar-refractivity contribution < 1.29 is 9.59 Å².